The maximum absolute atomic E-state index is 12.6. The summed E-state index contributed by atoms with van der Waals surface area (Å²) in [6.07, 6.45) is 0.723. The zero-order chi connectivity index (χ0) is 14.5. The van der Waals surface area contributed by atoms with Crippen molar-refractivity contribution in [3.05, 3.63) is 40.4 Å². The topological polar surface area (TPSA) is 44.1 Å². The van der Waals surface area contributed by atoms with Gasteiger partial charge in [0.1, 0.15) is 5.82 Å². The van der Waals surface area contributed by atoms with E-state index >= 15 is 0 Å². The highest BCUT2D eigenvalue weighted by Crippen LogP contribution is 2.22. The van der Waals surface area contributed by atoms with Crippen molar-refractivity contribution in [2.75, 3.05) is 13.2 Å². The standard InChI is InChI=1S/C15H19ClN2O2/c1-3-12(16)14-17-13-8-6-5-7-11(13)15(19)18(14)9-10-20-4-2/h5-8,12H,3-4,9-10H2,1-2H3. The summed E-state index contributed by atoms with van der Waals surface area (Å²) < 4.78 is 6.98. The number of nitrogens with zero attached hydrogens (tertiary/aromatic N) is 2. The van der Waals surface area contributed by atoms with E-state index in [0.717, 1.165) is 6.42 Å². The van der Waals surface area contributed by atoms with Crippen LogP contribution in [-0.4, -0.2) is 22.8 Å². The van der Waals surface area contributed by atoms with Gasteiger partial charge >= 0.3 is 0 Å². The van der Waals surface area contributed by atoms with E-state index < -0.39 is 0 Å². The lowest BCUT2D eigenvalue weighted by Gasteiger charge is -2.16. The molecule has 0 aliphatic carbocycles. The Morgan fingerprint density at radius 2 is 2.10 bits per heavy atom. The van der Waals surface area contributed by atoms with Crippen LogP contribution in [0.5, 0.6) is 0 Å². The molecule has 5 heteroatoms. The normalized spacial score (nSPS) is 12.8. The Labute approximate surface area is 123 Å². The first-order valence-electron chi connectivity index (χ1n) is 6.90. The molecule has 0 spiro atoms. The molecule has 1 aromatic carbocycles. The highest BCUT2D eigenvalue weighted by molar-refractivity contribution is 6.20. The Kier molecular flexibility index (Phi) is 5.15. The van der Waals surface area contributed by atoms with Crippen LogP contribution in [0.4, 0.5) is 0 Å². The van der Waals surface area contributed by atoms with E-state index in [1.165, 1.54) is 0 Å². The van der Waals surface area contributed by atoms with Crippen LogP contribution in [0.25, 0.3) is 10.9 Å². The molecule has 1 heterocycles. The largest absolute Gasteiger partial charge is 0.380 e. The van der Waals surface area contributed by atoms with Crippen LogP contribution < -0.4 is 5.56 Å². The number of hydrogen-bond donors (Lipinski definition) is 0. The molecule has 2 aromatic rings. The first kappa shape index (κ1) is 15.0. The fraction of sp³-hybridized carbons (Fsp3) is 0.467. The van der Waals surface area contributed by atoms with Crippen LogP contribution in [0.15, 0.2) is 29.1 Å². The summed E-state index contributed by atoms with van der Waals surface area (Å²) in [4.78, 5) is 17.1. The van der Waals surface area contributed by atoms with Crippen LogP contribution in [0, 0.1) is 0 Å². The third-order valence-corrected chi connectivity index (χ3v) is 3.70. The number of ether oxygens (including phenoxy) is 1. The molecule has 0 N–H and O–H groups in total. The van der Waals surface area contributed by atoms with Gasteiger partial charge in [-0.25, -0.2) is 4.98 Å². The van der Waals surface area contributed by atoms with Gasteiger partial charge in [-0.1, -0.05) is 19.1 Å². The van der Waals surface area contributed by atoms with Crippen molar-refractivity contribution >= 4 is 22.5 Å². The minimum atomic E-state index is -0.270. The zero-order valence-electron chi connectivity index (χ0n) is 11.8. The van der Waals surface area contributed by atoms with Crippen LogP contribution in [0.1, 0.15) is 31.5 Å². The van der Waals surface area contributed by atoms with Crippen molar-refractivity contribution in [2.45, 2.75) is 32.2 Å². The van der Waals surface area contributed by atoms with Gasteiger partial charge in [-0.05, 0) is 25.5 Å². The van der Waals surface area contributed by atoms with Crippen LogP contribution >= 0.6 is 11.6 Å². The number of halogens is 1. The predicted octanol–water partition coefficient (Wildman–Crippen LogP) is 3.12. The van der Waals surface area contributed by atoms with Crippen LogP contribution in [0.2, 0.25) is 0 Å². The highest BCUT2D eigenvalue weighted by atomic mass is 35.5. The summed E-state index contributed by atoms with van der Waals surface area (Å²) in [6.45, 7) is 5.49. The molecule has 20 heavy (non-hydrogen) atoms. The lowest BCUT2D eigenvalue weighted by Crippen LogP contribution is -2.28. The van der Waals surface area contributed by atoms with E-state index in [0.29, 0.717) is 36.5 Å². The van der Waals surface area contributed by atoms with Crippen molar-refractivity contribution in [2.24, 2.45) is 0 Å². The second-order valence-corrected chi connectivity index (χ2v) is 5.04. The van der Waals surface area contributed by atoms with Gasteiger partial charge in [0, 0.05) is 6.61 Å². The lowest BCUT2D eigenvalue weighted by molar-refractivity contribution is 0.137. The van der Waals surface area contributed by atoms with E-state index in [9.17, 15) is 4.79 Å². The average Bonchev–Trinajstić information content (AvgIpc) is 2.48. The van der Waals surface area contributed by atoms with E-state index in [1.54, 1.807) is 10.6 Å². The van der Waals surface area contributed by atoms with Crippen molar-refractivity contribution in [1.82, 2.24) is 9.55 Å². The van der Waals surface area contributed by atoms with Gasteiger partial charge in [-0.3, -0.25) is 9.36 Å². The van der Waals surface area contributed by atoms with E-state index in [2.05, 4.69) is 4.98 Å². The molecule has 4 nitrogen and oxygen atoms in total. The molecular weight excluding hydrogens is 276 g/mol. The average molecular weight is 295 g/mol. The summed E-state index contributed by atoms with van der Waals surface area (Å²) in [6, 6.07) is 7.35. The van der Waals surface area contributed by atoms with Crippen molar-refractivity contribution < 1.29 is 4.74 Å². The van der Waals surface area contributed by atoms with Crippen molar-refractivity contribution in [1.29, 1.82) is 0 Å². The fourth-order valence-electron chi connectivity index (χ4n) is 2.12. The molecule has 2 rings (SSSR count). The maximum Gasteiger partial charge on any atom is 0.261 e. The molecule has 0 aliphatic heterocycles. The molecule has 0 radical (unpaired) electrons. The Hall–Kier alpha value is -1.39. The predicted molar refractivity (Wildman–Crippen MR) is 81.4 cm³/mol. The molecule has 0 aliphatic rings. The minimum absolute atomic E-state index is 0.0515. The Morgan fingerprint density at radius 1 is 1.35 bits per heavy atom. The third kappa shape index (κ3) is 3.02. The van der Waals surface area contributed by atoms with Crippen molar-refractivity contribution in [3.63, 3.8) is 0 Å². The smallest absolute Gasteiger partial charge is 0.261 e. The Morgan fingerprint density at radius 3 is 2.80 bits per heavy atom. The quantitative estimate of drug-likeness (QED) is 0.607. The second-order valence-electron chi connectivity index (χ2n) is 4.52. The Bertz CT molecular complexity index is 639. The SMILES string of the molecule is CCOCCn1c(C(Cl)CC)nc2ccccc2c1=O. The van der Waals surface area contributed by atoms with Gasteiger partial charge < -0.3 is 4.74 Å². The van der Waals surface area contributed by atoms with Gasteiger partial charge in [-0.2, -0.15) is 0 Å². The van der Waals surface area contributed by atoms with Crippen LogP contribution in [0.3, 0.4) is 0 Å². The van der Waals surface area contributed by atoms with E-state index in [-0.39, 0.29) is 10.9 Å². The van der Waals surface area contributed by atoms with E-state index in [1.807, 2.05) is 32.0 Å². The molecule has 108 valence electrons. The molecule has 0 bridgehead atoms. The molecule has 1 unspecified atom stereocenters. The van der Waals surface area contributed by atoms with Gasteiger partial charge in [0.2, 0.25) is 0 Å². The summed E-state index contributed by atoms with van der Waals surface area (Å²) in [5.41, 5.74) is 0.642. The second kappa shape index (κ2) is 6.86. The summed E-state index contributed by atoms with van der Waals surface area (Å²) >= 11 is 6.32. The molecule has 1 aromatic heterocycles. The maximum atomic E-state index is 12.6. The number of alkyl halides is 1. The van der Waals surface area contributed by atoms with E-state index in [4.69, 9.17) is 16.3 Å². The fourth-order valence-corrected chi connectivity index (χ4v) is 2.29. The number of aromatic nitrogens is 2. The third-order valence-electron chi connectivity index (χ3n) is 3.19. The molecule has 0 fully saturated rings. The van der Waals surface area contributed by atoms with Gasteiger partial charge in [0.05, 0.1) is 29.4 Å². The zero-order valence-corrected chi connectivity index (χ0v) is 12.6. The van der Waals surface area contributed by atoms with Gasteiger partial charge in [-0.15, -0.1) is 11.6 Å². The molecule has 1 atom stereocenters. The summed E-state index contributed by atoms with van der Waals surface area (Å²) in [5, 5.41) is 0.349. The highest BCUT2D eigenvalue weighted by Gasteiger charge is 2.16. The summed E-state index contributed by atoms with van der Waals surface area (Å²) in [7, 11) is 0. The monoisotopic (exact) mass is 294 g/mol. The number of benzene rings is 1. The van der Waals surface area contributed by atoms with Gasteiger partial charge in [0.25, 0.3) is 5.56 Å². The summed E-state index contributed by atoms with van der Waals surface area (Å²) in [5.74, 6) is 0.623. The molecular formula is C15H19ClN2O2. The number of rotatable bonds is 6. The number of para-hydroxylation sites is 1. The van der Waals surface area contributed by atoms with Gasteiger partial charge in [0.15, 0.2) is 0 Å². The first-order valence-corrected chi connectivity index (χ1v) is 7.34. The molecule has 0 saturated heterocycles. The Balaban J connectivity index is 2.55. The first-order chi connectivity index (χ1) is 9.69. The minimum Gasteiger partial charge on any atom is -0.380 e. The van der Waals surface area contributed by atoms with Crippen LogP contribution in [-0.2, 0) is 11.3 Å². The van der Waals surface area contributed by atoms with Crippen molar-refractivity contribution in [3.8, 4) is 0 Å². The molecule has 0 amide bonds. The number of hydrogen-bond acceptors (Lipinski definition) is 3. The lowest BCUT2D eigenvalue weighted by atomic mass is 10.2. The molecule has 0 saturated carbocycles. The number of fused-ring (bicyclic) bond motifs is 1.